The average molecular weight is 334 g/mol. The van der Waals surface area contributed by atoms with Gasteiger partial charge in [-0.2, -0.15) is 0 Å². The summed E-state index contributed by atoms with van der Waals surface area (Å²) in [7, 11) is 0. The van der Waals surface area contributed by atoms with Gasteiger partial charge in [0.1, 0.15) is 5.82 Å². The van der Waals surface area contributed by atoms with Gasteiger partial charge < -0.3 is 5.32 Å². The third-order valence-corrected chi connectivity index (χ3v) is 4.00. The van der Waals surface area contributed by atoms with E-state index in [1.54, 1.807) is 0 Å². The maximum absolute atomic E-state index is 4.66. The number of H-pyrrole nitrogens is 1. The molecular formula is C17H18N8. The highest BCUT2D eigenvalue weighted by Gasteiger charge is 2.09. The molecule has 0 aliphatic heterocycles. The van der Waals surface area contributed by atoms with Crippen molar-refractivity contribution in [2.75, 3.05) is 11.9 Å². The molecule has 0 amide bonds. The lowest BCUT2D eigenvalue weighted by Gasteiger charge is -2.06. The van der Waals surface area contributed by atoms with E-state index in [-0.39, 0.29) is 0 Å². The molecule has 0 aliphatic carbocycles. The van der Waals surface area contributed by atoms with E-state index >= 15 is 0 Å². The lowest BCUT2D eigenvalue weighted by Crippen LogP contribution is -2.05. The Labute approximate surface area is 144 Å². The molecule has 0 unspecified atom stereocenters. The highest BCUT2D eigenvalue weighted by atomic mass is 15.5. The smallest absolute Gasteiger partial charge is 0.179 e. The summed E-state index contributed by atoms with van der Waals surface area (Å²) in [5.74, 6) is 1.50. The van der Waals surface area contributed by atoms with Crippen LogP contribution >= 0.6 is 0 Å². The maximum atomic E-state index is 4.66. The van der Waals surface area contributed by atoms with Crippen molar-refractivity contribution in [3.8, 4) is 22.6 Å². The van der Waals surface area contributed by atoms with Crippen molar-refractivity contribution in [1.82, 2.24) is 35.2 Å². The second-order valence-electron chi connectivity index (χ2n) is 5.74. The summed E-state index contributed by atoms with van der Waals surface area (Å²) in [6.45, 7) is 3.09. The molecule has 8 nitrogen and oxygen atoms in total. The predicted molar refractivity (Wildman–Crippen MR) is 95.0 cm³/mol. The van der Waals surface area contributed by atoms with Gasteiger partial charge in [-0.05, 0) is 29.0 Å². The van der Waals surface area contributed by atoms with Gasteiger partial charge in [-0.3, -0.25) is 0 Å². The molecule has 3 aromatic heterocycles. The molecule has 0 radical (unpaired) electrons. The molecule has 0 aliphatic rings. The fourth-order valence-corrected chi connectivity index (χ4v) is 2.64. The monoisotopic (exact) mass is 334 g/mol. The van der Waals surface area contributed by atoms with Crippen molar-refractivity contribution in [3.05, 3.63) is 42.6 Å². The summed E-state index contributed by atoms with van der Waals surface area (Å²) in [6, 6.07) is 11.9. The summed E-state index contributed by atoms with van der Waals surface area (Å²) in [4.78, 5) is 4.44. The fraction of sp³-hybridized carbons (Fsp3) is 0.235. The number of aromatic nitrogens is 7. The Hall–Kier alpha value is -3.29. The normalized spacial score (nSPS) is 11.1. The minimum Gasteiger partial charge on any atom is -0.369 e. The van der Waals surface area contributed by atoms with Crippen molar-refractivity contribution in [3.63, 3.8) is 0 Å². The molecule has 126 valence electrons. The third-order valence-electron chi connectivity index (χ3n) is 4.00. The van der Waals surface area contributed by atoms with Crippen LogP contribution in [0, 0.1) is 0 Å². The fourth-order valence-electron chi connectivity index (χ4n) is 2.64. The number of nitrogens with zero attached hydrogens (tertiary/aromatic N) is 6. The average Bonchev–Trinajstić information content (AvgIpc) is 3.32. The molecular weight excluding hydrogens is 316 g/mol. The minimum atomic E-state index is 0.644. The SMILES string of the molecule is CCCCNc1ccc2ncc(-c3ccc(-c4nnn[nH]4)cc3)n2n1. The Morgan fingerprint density at radius 3 is 2.68 bits per heavy atom. The van der Waals surface area contributed by atoms with E-state index in [1.165, 1.54) is 0 Å². The number of fused-ring (bicyclic) bond motifs is 1. The first-order valence-corrected chi connectivity index (χ1v) is 8.28. The lowest BCUT2D eigenvalue weighted by molar-refractivity contribution is 0.823. The number of unbranched alkanes of at least 4 members (excludes halogenated alkanes) is 1. The van der Waals surface area contributed by atoms with E-state index in [9.17, 15) is 0 Å². The number of tetrazole rings is 1. The van der Waals surface area contributed by atoms with Crippen molar-refractivity contribution >= 4 is 11.5 Å². The Bertz CT molecular complexity index is 956. The van der Waals surface area contributed by atoms with Gasteiger partial charge in [0, 0.05) is 17.7 Å². The second-order valence-corrected chi connectivity index (χ2v) is 5.74. The first-order chi connectivity index (χ1) is 12.3. The Balaban J connectivity index is 1.65. The summed E-state index contributed by atoms with van der Waals surface area (Å²) < 4.78 is 1.86. The zero-order valence-electron chi connectivity index (χ0n) is 13.8. The molecule has 2 N–H and O–H groups in total. The standard InChI is InChI=1S/C17H18N8/c1-2-3-10-18-15-8-9-16-19-11-14(25(16)22-15)12-4-6-13(7-5-12)17-20-23-24-21-17/h4-9,11H,2-3,10H2,1H3,(H,18,22)(H,20,21,23,24). The molecule has 4 aromatic rings. The Morgan fingerprint density at radius 2 is 1.92 bits per heavy atom. The van der Waals surface area contributed by atoms with Gasteiger partial charge in [0.25, 0.3) is 0 Å². The molecule has 4 rings (SSSR count). The zero-order chi connectivity index (χ0) is 17.1. The van der Waals surface area contributed by atoms with Crippen LogP contribution in [0.1, 0.15) is 19.8 Å². The molecule has 0 bridgehead atoms. The highest BCUT2D eigenvalue weighted by Crippen LogP contribution is 2.23. The van der Waals surface area contributed by atoms with Crippen molar-refractivity contribution in [1.29, 1.82) is 0 Å². The topological polar surface area (TPSA) is 96.7 Å². The number of benzene rings is 1. The van der Waals surface area contributed by atoms with Crippen LogP contribution in [0.5, 0.6) is 0 Å². The van der Waals surface area contributed by atoms with Gasteiger partial charge in [-0.1, -0.05) is 37.6 Å². The van der Waals surface area contributed by atoms with E-state index in [4.69, 9.17) is 0 Å². The molecule has 0 saturated carbocycles. The number of rotatable bonds is 6. The largest absolute Gasteiger partial charge is 0.369 e. The number of hydrogen-bond donors (Lipinski definition) is 2. The Kier molecular flexibility index (Phi) is 4.07. The third kappa shape index (κ3) is 3.06. The van der Waals surface area contributed by atoms with Gasteiger partial charge in [0.15, 0.2) is 11.5 Å². The lowest BCUT2D eigenvalue weighted by atomic mass is 10.1. The van der Waals surface area contributed by atoms with Gasteiger partial charge in [0.2, 0.25) is 0 Å². The molecule has 1 aromatic carbocycles. The van der Waals surface area contributed by atoms with Gasteiger partial charge >= 0.3 is 0 Å². The molecule has 25 heavy (non-hydrogen) atoms. The van der Waals surface area contributed by atoms with E-state index in [1.807, 2.05) is 47.1 Å². The summed E-state index contributed by atoms with van der Waals surface area (Å²) in [5.41, 5.74) is 3.72. The zero-order valence-corrected chi connectivity index (χ0v) is 13.8. The maximum Gasteiger partial charge on any atom is 0.179 e. The number of imidazole rings is 1. The van der Waals surface area contributed by atoms with Crippen LogP contribution in [0.25, 0.3) is 28.3 Å². The molecule has 0 fully saturated rings. The number of hydrogen-bond acceptors (Lipinski definition) is 6. The minimum absolute atomic E-state index is 0.644. The van der Waals surface area contributed by atoms with Crippen LogP contribution in [0.3, 0.4) is 0 Å². The van der Waals surface area contributed by atoms with Gasteiger partial charge in [-0.15, -0.1) is 10.2 Å². The van der Waals surface area contributed by atoms with Crippen molar-refractivity contribution in [2.24, 2.45) is 0 Å². The van der Waals surface area contributed by atoms with Crippen molar-refractivity contribution in [2.45, 2.75) is 19.8 Å². The molecule has 8 heteroatoms. The summed E-state index contributed by atoms with van der Waals surface area (Å²) >= 11 is 0. The van der Waals surface area contributed by atoms with Gasteiger partial charge in [-0.25, -0.2) is 14.6 Å². The second kappa shape index (κ2) is 6.68. The van der Waals surface area contributed by atoms with Crippen LogP contribution in [0.15, 0.2) is 42.6 Å². The van der Waals surface area contributed by atoms with Crippen LogP contribution in [-0.2, 0) is 0 Å². The highest BCUT2D eigenvalue weighted by molar-refractivity contribution is 5.67. The number of anilines is 1. The van der Waals surface area contributed by atoms with E-state index in [0.717, 1.165) is 47.7 Å². The van der Waals surface area contributed by atoms with Crippen LogP contribution < -0.4 is 5.32 Å². The van der Waals surface area contributed by atoms with Crippen LogP contribution in [-0.4, -0.2) is 41.8 Å². The van der Waals surface area contributed by atoms with E-state index in [2.05, 4.69) is 42.9 Å². The predicted octanol–water partition coefficient (Wildman–Crippen LogP) is 2.79. The quantitative estimate of drug-likeness (QED) is 0.526. The molecule has 0 saturated heterocycles. The van der Waals surface area contributed by atoms with Gasteiger partial charge in [0.05, 0.1) is 11.9 Å². The first kappa shape index (κ1) is 15.3. The Morgan fingerprint density at radius 1 is 1.08 bits per heavy atom. The number of nitrogens with one attached hydrogen (secondary N) is 2. The molecule has 0 spiro atoms. The molecule has 3 heterocycles. The summed E-state index contributed by atoms with van der Waals surface area (Å²) in [5, 5.41) is 21.9. The number of aromatic amines is 1. The summed E-state index contributed by atoms with van der Waals surface area (Å²) in [6.07, 6.45) is 4.11. The molecule has 0 atom stereocenters. The van der Waals surface area contributed by atoms with Crippen LogP contribution in [0.2, 0.25) is 0 Å². The van der Waals surface area contributed by atoms with E-state index in [0.29, 0.717) is 5.82 Å². The van der Waals surface area contributed by atoms with E-state index < -0.39 is 0 Å². The van der Waals surface area contributed by atoms with Crippen molar-refractivity contribution < 1.29 is 0 Å². The van der Waals surface area contributed by atoms with Crippen LogP contribution in [0.4, 0.5) is 5.82 Å². The first-order valence-electron chi connectivity index (χ1n) is 8.28.